The van der Waals surface area contributed by atoms with Crippen molar-refractivity contribution in [1.29, 1.82) is 0 Å². The quantitative estimate of drug-likeness (QED) is 0.634. The molecule has 1 aromatic carbocycles. The molecule has 6 heteroatoms. The van der Waals surface area contributed by atoms with Crippen LogP contribution in [0.3, 0.4) is 0 Å². The molecule has 124 valence electrons. The summed E-state index contributed by atoms with van der Waals surface area (Å²) in [5.74, 6) is -1.87. The molecule has 0 aliphatic heterocycles. The second-order valence-electron chi connectivity index (χ2n) is 3.77. The van der Waals surface area contributed by atoms with E-state index in [-0.39, 0.29) is 24.4 Å². The highest BCUT2D eigenvalue weighted by Gasteiger charge is 1.90. The standard InChI is InChI=1S/C6H6.2C4H6O2.C2H6O2/c1-2-4-6-5-3-1;2*1-3(2)4(5)6;3-1-2-4/h1-6H;2*1H2,2H3,(H,5,6);3-4H,1-2H2. The molecule has 0 unspecified atom stereocenters. The van der Waals surface area contributed by atoms with Crippen molar-refractivity contribution in [3.63, 3.8) is 0 Å². The van der Waals surface area contributed by atoms with Crippen LogP contribution in [0.5, 0.6) is 0 Å². The fraction of sp³-hybridized carbons (Fsp3) is 0.250. The van der Waals surface area contributed by atoms with Crippen molar-refractivity contribution in [1.82, 2.24) is 0 Å². The summed E-state index contributed by atoms with van der Waals surface area (Å²) < 4.78 is 0. The Morgan fingerprint density at radius 2 is 0.864 bits per heavy atom. The number of hydrogen-bond acceptors (Lipinski definition) is 4. The van der Waals surface area contributed by atoms with Crippen LogP contribution in [0.25, 0.3) is 0 Å². The molecule has 6 nitrogen and oxygen atoms in total. The Morgan fingerprint density at radius 3 is 0.909 bits per heavy atom. The molecule has 1 aromatic rings. The molecule has 0 fully saturated rings. The third-order valence-electron chi connectivity index (χ3n) is 1.50. The van der Waals surface area contributed by atoms with Gasteiger partial charge in [-0.25, -0.2) is 9.59 Å². The summed E-state index contributed by atoms with van der Waals surface area (Å²) in [5.41, 5.74) is 0.352. The van der Waals surface area contributed by atoms with Crippen molar-refractivity contribution >= 4 is 11.9 Å². The number of aliphatic hydroxyl groups is 2. The molecule has 0 saturated heterocycles. The Hall–Kier alpha value is -2.44. The van der Waals surface area contributed by atoms with Gasteiger partial charge in [0, 0.05) is 11.1 Å². The molecule has 0 saturated carbocycles. The molecule has 0 radical (unpaired) electrons. The zero-order chi connectivity index (χ0) is 18.0. The van der Waals surface area contributed by atoms with Crippen LogP contribution in [-0.2, 0) is 9.59 Å². The average Bonchev–Trinajstić information content (AvgIpc) is 2.50. The van der Waals surface area contributed by atoms with Crippen molar-refractivity contribution in [3.05, 3.63) is 60.7 Å². The van der Waals surface area contributed by atoms with E-state index in [1.54, 1.807) is 0 Å². The SMILES string of the molecule is C=C(C)C(=O)O.C=C(C)C(=O)O.OCCO.c1ccccc1. The molecule has 1 rings (SSSR count). The minimum absolute atomic E-state index is 0.125. The number of hydrogen-bond donors (Lipinski definition) is 4. The highest BCUT2D eigenvalue weighted by Crippen LogP contribution is 1.81. The normalized spacial score (nSPS) is 7.64. The molecule has 0 heterocycles. The lowest BCUT2D eigenvalue weighted by molar-refractivity contribution is -0.133. The molecule has 0 atom stereocenters. The number of rotatable bonds is 3. The van der Waals surface area contributed by atoms with Gasteiger partial charge in [-0.1, -0.05) is 49.6 Å². The van der Waals surface area contributed by atoms with Gasteiger partial charge in [-0.3, -0.25) is 0 Å². The van der Waals surface area contributed by atoms with E-state index in [4.69, 9.17) is 20.4 Å². The van der Waals surface area contributed by atoms with Crippen LogP contribution in [0.15, 0.2) is 60.7 Å². The van der Waals surface area contributed by atoms with Crippen LogP contribution in [0, 0.1) is 0 Å². The summed E-state index contributed by atoms with van der Waals surface area (Å²) in [6.45, 7) is 8.95. The molecule has 0 bridgehead atoms. The van der Waals surface area contributed by atoms with Gasteiger partial charge >= 0.3 is 11.9 Å². The van der Waals surface area contributed by atoms with Crippen molar-refractivity contribution in [2.24, 2.45) is 0 Å². The first-order valence-corrected chi connectivity index (χ1v) is 6.20. The first kappa shape index (κ1) is 24.6. The third-order valence-corrected chi connectivity index (χ3v) is 1.50. The van der Waals surface area contributed by atoms with Crippen LogP contribution in [0.2, 0.25) is 0 Å². The first-order chi connectivity index (χ1) is 10.2. The number of carboxylic acids is 2. The van der Waals surface area contributed by atoms with Gasteiger partial charge in [0.1, 0.15) is 0 Å². The van der Waals surface area contributed by atoms with E-state index in [2.05, 4.69) is 13.2 Å². The van der Waals surface area contributed by atoms with Crippen LogP contribution >= 0.6 is 0 Å². The van der Waals surface area contributed by atoms with E-state index >= 15 is 0 Å². The summed E-state index contributed by atoms with van der Waals surface area (Å²) >= 11 is 0. The van der Waals surface area contributed by atoms with Crippen molar-refractivity contribution in [2.45, 2.75) is 13.8 Å². The largest absolute Gasteiger partial charge is 0.478 e. The molecule has 0 aliphatic carbocycles. The van der Waals surface area contributed by atoms with Crippen LogP contribution in [-0.4, -0.2) is 45.6 Å². The van der Waals surface area contributed by atoms with E-state index in [9.17, 15) is 9.59 Å². The van der Waals surface area contributed by atoms with Gasteiger partial charge in [-0.2, -0.15) is 0 Å². The van der Waals surface area contributed by atoms with Crippen molar-refractivity contribution in [2.75, 3.05) is 13.2 Å². The lowest BCUT2D eigenvalue weighted by atomic mass is 10.4. The number of carbonyl (C=O) groups is 2. The van der Waals surface area contributed by atoms with Crippen LogP contribution < -0.4 is 0 Å². The summed E-state index contributed by atoms with van der Waals surface area (Å²) in [6.07, 6.45) is 0. The predicted molar refractivity (Wildman–Crippen MR) is 85.5 cm³/mol. The first-order valence-electron chi connectivity index (χ1n) is 6.20. The third kappa shape index (κ3) is 30.5. The zero-order valence-corrected chi connectivity index (χ0v) is 12.9. The molecule has 0 spiro atoms. The predicted octanol–water partition coefficient (Wildman–Crippen LogP) is 1.95. The maximum Gasteiger partial charge on any atom is 0.330 e. The highest BCUT2D eigenvalue weighted by molar-refractivity contribution is 5.85. The van der Waals surface area contributed by atoms with Gasteiger partial charge in [-0.05, 0) is 13.8 Å². The Labute approximate surface area is 130 Å². The smallest absolute Gasteiger partial charge is 0.330 e. The molecule has 0 aliphatic rings. The zero-order valence-electron chi connectivity index (χ0n) is 12.9. The van der Waals surface area contributed by atoms with Crippen LogP contribution in [0.4, 0.5) is 0 Å². The second-order valence-corrected chi connectivity index (χ2v) is 3.77. The summed E-state index contributed by atoms with van der Waals surface area (Å²) in [6, 6.07) is 12.0. The monoisotopic (exact) mass is 312 g/mol. The highest BCUT2D eigenvalue weighted by atomic mass is 16.4. The maximum absolute atomic E-state index is 9.60. The Morgan fingerprint density at radius 1 is 0.727 bits per heavy atom. The maximum atomic E-state index is 9.60. The minimum atomic E-state index is -0.935. The van der Waals surface area contributed by atoms with E-state index in [1.807, 2.05) is 36.4 Å². The van der Waals surface area contributed by atoms with Gasteiger partial charge in [0.15, 0.2) is 0 Å². The van der Waals surface area contributed by atoms with Gasteiger partial charge < -0.3 is 20.4 Å². The summed E-state index contributed by atoms with van der Waals surface area (Å²) in [7, 11) is 0. The van der Waals surface area contributed by atoms with Gasteiger partial charge in [0.05, 0.1) is 13.2 Å². The number of aliphatic carboxylic acids is 2. The topological polar surface area (TPSA) is 115 Å². The Bertz CT molecular complexity index is 349. The van der Waals surface area contributed by atoms with Crippen molar-refractivity contribution in [3.8, 4) is 0 Å². The number of aliphatic hydroxyl groups excluding tert-OH is 2. The molecular weight excluding hydrogens is 288 g/mol. The molecule has 4 N–H and O–H groups in total. The fourth-order valence-electron chi connectivity index (χ4n) is 0.385. The van der Waals surface area contributed by atoms with E-state index in [1.165, 1.54) is 13.8 Å². The second kappa shape index (κ2) is 18.6. The van der Waals surface area contributed by atoms with Gasteiger partial charge in [0.2, 0.25) is 0 Å². The van der Waals surface area contributed by atoms with Crippen molar-refractivity contribution < 1.29 is 30.0 Å². The molecule has 0 amide bonds. The molecule has 0 aromatic heterocycles. The van der Waals surface area contributed by atoms with Gasteiger partial charge in [0.25, 0.3) is 0 Å². The minimum Gasteiger partial charge on any atom is -0.478 e. The summed E-state index contributed by atoms with van der Waals surface area (Å²) in [5, 5.41) is 31.0. The summed E-state index contributed by atoms with van der Waals surface area (Å²) in [4.78, 5) is 19.2. The number of carboxylic acid groups (broad SMARTS) is 2. The molecular formula is C16H24O6. The lowest BCUT2D eigenvalue weighted by Gasteiger charge is -1.79. The molecule has 22 heavy (non-hydrogen) atoms. The fourth-order valence-corrected chi connectivity index (χ4v) is 0.385. The lowest BCUT2D eigenvalue weighted by Crippen LogP contribution is -1.92. The van der Waals surface area contributed by atoms with Gasteiger partial charge in [-0.15, -0.1) is 0 Å². The van der Waals surface area contributed by atoms with E-state index in [0.29, 0.717) is 0 Å². The number of benzene rings is 1. The van der Waals surface area contributed by atoms with Crippen LogP contribution in [0.1, 0.15) is 13.8 Å². The van der Waals surface area contributed by atoms with E-state index in [0.717, 1.165) is 0 Å². The average molecular weight is 312 g/mol. The Balaban J connectivity index is -0.000000222. The Kier molecular flexibility index (Phi) is 20.7. The van der Waals surface area contributed by atoms with E-state index < -0.39 is 11.9 Å².